The molecule has 0 bridgehead atoms. The molecule has 1 saturated carbocycles. The minimum atomic E-state index is -0.753. The summed E-state index contributed by atoms with van der Waals surface area (Å²) in [6.45, 7) is 6.62. The van der Waals surface area contributed by atoms with Crippen molar-refractivity contribution in [3.05, 3.63) is 42.1 Å². The van der Waals surface area contributed by atoms with E-state index in [0.29, 0.717) is 0 Å². The lowest BCUT2D eigenvalue weighted by atomic mass is 9.82. The number of fused-ring (bicyclic) bond motifs is 1. The first kappa shape index (κ1) is 12.6. The van der Waals surface area contributed by atoms with Gasteiger partial charge in [0.25, 0.3) is 0 Å². The van der Waals surface area contributed by atoms with Gasteiger partial charge in [-0.25, -0.2) is 0 Å². The van der Waals surface area contributed by atoms with Crippen LogP contribution < -0.4 is 0 Å². The van der Waals surface area contributed by atoms with Crippen LogP contribution in [0.1, 0.15) is 39.2 Å². The second-order valence-electron chi connectivity index (χ2n) is 6.75. The van der Waals surface area contributed by atoms with E-state index in [2.05, 4.69) is 37.9 Å². The Morgan fingerprint density at radius 2 is 1.95 bits per heavy atom. The van der Waals surface area contributed by atoms with Crippen molar-refractivity contribution >= 4 is 10.9 Å². The van der Waals surface area contributed by atoms with Crippen LogP contribution in [0, 0.1) is 11.3 Å². The fraction of sp³-hybridized carbons (Fsp3) is 0.471. The van der Waals surface area contributed by atoms with Crippen molar-refractivity contribution < 1.29 is 5.11 Å². The van der Waals surface area contributed by atoms with Crippen molar-refractivity contribution in [1.29, 1.82) is 0 Å². The Labute approximate surface area is 114 Å². The number of benzene rings is 1. The smallest absolute Gasteiger partial charge is 0.0948 e. The summed E-state index contributed by atoms with van der Waals surface area (Å²) in [5.41, 5.74) is 1.36. The van der Waals surface area contributed by atoms with E-state index in [1.54, 1.807) is 6.20 Å². The highest BCUT2D eigenvalue weighted by atomic mass is 16.3. The zero-order valence-corrected chi connectivity index (χ0v) is 11.9. The van der Waals surface area contributed by atoms with Crippen LogP contribution in [0.3, 0.4) is 0 Å². The van der Waals surface area contributed by atoms with Gasteiger partial charge in [-0.15, -0.1) is 0 Å². The van der Waals surface area contributed by atoms with Crippen molar-refractivity contribution in [3.8, 4) is 0 Å². The highest BCUT2D eigenvalue weighted by Crippen LogP contribution is 2.53. The van der Waals surface area contributed by atoms with Crippen LogP contribution in [0.4, 0.5) is 0 Å². The summed E-state index contributed by atoms with van der Waals surface area (Å²) in [6, 6.07) is 10.1. The predicted octanol–water partition coefficient (Wildman–Crippen LogP) is 3.88. The third kappa shape index (κ3) is 1.95. The van der Waals surface area contributed by atoms with Gasteiger partial charge in [-0.05, 0) is 30.2 Å². The SMILES string of the molecule is CC1CC(C)(C)CC1(O)c1cccc2cccnc12. The Morgan fingerprint density at radius 1 is 1.21 bits per heavy atom. The van der Waals surface area contributed by atoms with Crippen LogP contribution in [0.2, 0.25) is 0 Å². The van der Waals surface area contributed by atoms with E-state index in [4.69, 9.17) is 0 Å². The first-order chi connectivity index (χ1) is 8.92. The standard InChI is InChI=1S/C17H21NO/c1-12-10-16(2,3)11-17(12,19)14-8-4-6-13-7-5-9-18-15(13)14/h4-9,12,19H,10-11H2,1-3H3. The predicted molar refractivity (Wildman–Crippen MR) is 77.8 cm³/mol. The Morgan fingerprint density at radius 3 is 2.63 bits per heavy atom. The summed E-state index contributed by atoms with van der Waals surface area (Å²) in [5, 5.41) is 12.3. The second-order valence-corrected chi connectivity index (χ2v) is 6.75. The number of aromatic nitrogens is 1. The molecule has 2 heteroatoms. The Balaban J connectivity index is 2.19. The van der Waals surface area contributed by atoms with Gasteiger partial charge >= 0.3 is 0 Å². The Hall–Kier alpha value is -1.41. The number of para-hydroxylation sites is 1. The van der Waals surface area contributed by atoms with Crippen LogP contribution in [-0.2, 0) is 5.60 Å². The molecule has 0 amide bonds. The quantitative estimate of drug-likeness (QED) is 0.839. The summed E-state index contributed by atoms with van der Waals surface area (Å²) >= 11 is 0. The first-order valence-electron chi connectivity index (χ1n) is 6.99. The molecule has 1 N–H and O–H groups in total. The van der Waals surface area contributed by atoms with E-state index in [0.717, 1.165) is 29.3 Å². The molecular formula is C17H21NO. The zero-order valence-electron chi connectivity index (χ0n) is 11.9. The van der Waals surface area contributed by atoms with Crippen molar-refractivity contribution in [2.45, 2.75) is 39.2 Å². The van der Waals surface area contributed by atoms with Crippen molar-refractivity contribution in [3.63, 3.8) is 0 Å². The molecule has 1 aliphatic rings. The normalized spacial score (nSPS) is 29.8. The van der Waals surface area contributed by atoms with Gasteiger partial charge in [0.1, 0.15) is 0 Å². The van der Waals surface area contributed by atoms with E-state index in [1.807, 2.05) is 18.2 Å². The summed E-state index contributed by atoms with van der Waals surface area (Å²) in [7, 11) is 0. The van der Waals surface area contributed by atoms with Crippen LogP contribution in [0.25, 0.3) is 10.9 Å². The molecule has 19 heavy (non-hydrogen) atoms. The first-order valence-corrected chi connectivity index (χ1v) is 6.99. The molecule has 2 aromatic rings. The van der Waals surface area contributed by atoms with Gasteiger partial charge in [0.05, 0.1) is 11.1 Å². The maximum atomic E-state index is 11.2. The van der Waals surface area contributed by atoms with Crippen molar-refractivity contribution in [2.75, 3.05) is 0 Å². The number of hydrogen-bond donors (Lipinski definition) is 1. The maximum Gasteiger partial charge on any atom is 0.0948 e. The van der Waals surface area contributed by atoms with Gasteiger partial charge in [-0.2, -0.15) is 0 Å². The van der Waals surface area contributed by atoms with Gasteiger partial charge < -0.3 is 5.11 Å². The summed E-state index contributed by atoms with van der Waals surface area (Å²) in [4.78, 5) is 4.49. The van der Waals surface area contributed by atoms with Gasteiger partial charge in [0.2, 0.25) is 0 Å². The Kier molecular flexibility index (Phi) is 2.68. The third-order valence-corrected chi connectivity index (χ3v) is 4.52. The maximum absolute atomic E-state index is 11.2. The number of hydrogen-bond acceptors (Lipinski definition) is 2. The second kappa shape index (κ2) is 4.04. The molecule has 2 nitrogen and oxygen atoms in total. The average Bonchev–Trinajstić information content (AvgIpc) is 2.58. The highest BCUT2D eigenvalue weighted by molar-refractivity contribution is 5.82. The van der Waals surface area contributed by atoms with E-state index in [-0.39, 0.29) is 11.3 Å². The number of rotatable bonds is 1. The number of aliphatic hydroxyl groups is 1. The lowest BCUT2D eigenvalue weighted by Crippen LogP contribution is -2.29. The fourth-order valence-electron chi connectivity index (χ4n) is 3.79. The minimum absolute atomic E-state index is 0.186. The van der Waals surface area contributed by atoms with E-state index in [1.165, 1.54) is 0 Å². The van der Waals surface area contributed by atoms with Crippen LogP contribution in [0.5, 0.6) is 0 Å². The van der Waals surface area contributed by atoms with Crippen LogP contribution >= 0.6 is 0 Å². The molecule has 2 atom stereocenters. The monoisotopic (exact) mass is 255 g/mol. The van der Waals surface area contributed by atoms with E-state index < -0.39 is 5.60 Å². The molecular weight excluding hydrogens is 234 g/mol. The van der Waals surface area contributed by atoms with E-state index >= 15 is 0 Å². The van der Waals surface area contributed by atoms with Crippen LogP contribution in [-0.4, -0.2) is 10.1 Å². The lowest BCUT2D eigenvalue weighted by Gasteiger charge is -2.29. The molecule has 100 valence electrons. The summed E-state index contributed by atoms with van der Waals surface area (Å²) in [6.07, 6.45) is 3.66. The topological polar surface area (TPSA) is 33.1 Å². The number of pyridine rings is 1. The fourth-order valence-corrected chi connectivity index (χ4v) is 3.79. The van der Waals surface area contributed by atoms with Gasteiger partial charge in [0.15, 0.2) is 0 Å². The molecule has 1 fully saturated rings. The molecule has 0 saturated heterocycles. The third-order valence-electron chi connectivity index (χ3n) is 4.52. The average molecular weight is 255 g/mol. The molecule has 1 aromatic carbocycles. The zero-order chi connectivity index (χ0) is 13.7. The molecule has 0 aliphatic heterocycles. The van der Waals surface area contributed by atoms with E-state index in [9.17, 15) is 5.11 Å². The molecule has 0 spiro atoms. The molecule has 1 aromatic heterocycles. The Bertz CT molecular complexity index is 614. The molecule has 1 heterocycles. The highest BCUT2D eigenvalue weighted by Gasteiger charge is 2.49. The van der Waals surface area contributed by atoms with Crippen LogP contribution in [0.15, 0.2) is 36.5 Å². The summed E-state index contributed by atoms with van der Waals surface area (Å²) < 4.78 is 0. The van der Waals surface area contributed by atoms with Gasteiger partial charge in [-0.3, -0.25) is 4.98 Å². The molecule has 1 aliphatic carbocycles. The summed E-state index contributed by atoms with van der Waals surface area (Å²) in [5.74, 6) is 0.259. The molecule has 2 unspecified atom stereocenters. The van der Waals surface area contributed by atoms with Gasteiger partial charge in [0, 0.05) is 17.1 Å². The molecule has 0 radical (unpaired) electrons. The minimum Gasteiger partial charge on any atom is -0.385 e. The van der Waals surface area contributed by atoms with Crippen molar-refractivity contribution in [2.24, 2.45) is 11.3 Å². The largest absolute Gasteiger partial charge is 0.385 e. The van der Waals surface area contributed by atoms with Gasteiger partial charge in [-0.1, -0.05) is 45.0 Å². The number of nitrogens with zero attached hydrogens (tertiary/aromatic N) is 1. The van der Waals surface area contributed by atoms with Crippen molar-refractivity contribution in [1.82, 2.24) is 4.98 Å². The molecule has 3 rings (SSSR count). The lowest BCUT2D eigenvalue weighted by molar-refractivity contribution is 0.000430.